The molecule has 0 aliphatic rings. The van der Waals surface area contributed by atoms with E-state index in [9.17, 15) is 4.79 Å². The van der Waals surface area contributed by atoms with Gasteiger partial charge in [0.15, 0.2) is 5.84 Å². The van der Waals surface area contributed by atoms with Gasteiger partial charge in [0.05, 0.1) is 0 Å². The van der Waals surface area contributed by atoms with Gasteiger partial charge in [-0.2, -0.15) is 0 Å². The van der Waals surface area contributed by atoms with Crippen LogP contribution in [-0.2, 0) is 16.2 Å². The van der Waals surface area contributed by atoms with Crippen molar-refractivity contribution in [3.63, 3.8) is 0 Å². The molecule has 1 atom stereocenters. The molecule has 1 amide bonds. The number of para-hydroxylation sites is 1. The predicted octanol–water partition coefficient (Wildman–Crippen LogP) is 3.87. The van der Waals surface area contributed by atoms with Crippen molar-refractivity contribution in [2.24, 2.45) is 10.9 Å². The Bertz CT molecular complexity index is 1010. The fraction of sp³-hybridized carbons (Fsp3) is 0.136. The molecule has 154 valence electrons. The summed E-state index contributed by atoms with van der Waals surface area (Å²) in [6.45, 7) is 1.87. The van der Waals surface area contributed by atoms with Crippen LogP contribution in [0.3, 0.4) is 0 Å². The van der Waals surface area contributed by atoms with E-state index in [0.717, 1.165) is 5.56 Å². The number of nitrogens with one attached hydrogen (secondary N) is 1. The van der Waals surface area contributed by atoms with Crippen molar-refractivity contribution in [2.75, 3.05) is 0 Å². The van der Waals surface area contributed by atoms with Gasteiger partial charge >= 0.3 is 0 Å². The van der Waals surface area contributed by atoms with Crippen LogP contribution in [0.1, 0.15) is 18.1 Å². The van der Waals surface area contributed by atoms with Gasteiger partial charge in [-0.1, -0.05) is 53.2 Å². The molecule has 1 unspecified atom stereocenters. The first kappa shape index (κ1) is 21.1. The Kier molecular flexibility index (Phi) is 7.24. The third-order valence-electron chi connectivity index (χ3n) is 4.09. The number of halogens is 1. The van der Waals surface area contributed by atoms with Gasteiger partial charge in [-0.3, -0.25) is 4.79 Å². The number of amidine groups is 1. The van der Waals surface area contributed by atoms with Gasteiger partial charge in [-0.25, -0.2) is 4.98 Å². The number of nitrogens with zero attached hydrogens (tertiary/aromatic N) is 2. The second kappa shape index (κ2) is 10.3. The molecule has 0 aliphatic carbocycles. The lowest BCUT2D eigenvalue weighted by molar-refractivity contribution is -0.131. The first-order valence-corrected chi connectivity index (χ1v) is 9.60. The molecule has 0 saturated heterocycles. The molecule has 3 rings (SSSR count). The zero-order valence-electron chi connectivity index (χ0n) is 16.3. The van der Waals surface area contributed by atoms with E-state index in [2.05, 4.69) is 15.5 Å². The van der Waals surface area contributed by atoms with Crippen molar-refractivity contribution < 1.29 is 14.4 Å². The molecule has 1 aromatic heterocycles. The van der Waals surface area contributed by atoms with E-state index in [1.807, 2.05) is 48.5 Å². The van der Waals surface area contributed by atoms with Crippen molar-refractivity contribution in [3.8, 4) is 11.6 Å². The summed E-state index contributed by atoms with van der Waals surface area (Å²) in [6.07, 6.45) is 0.683. The number of amides is 1. The molecule has 0 saturated carbocycles. The van der Waals surface area contributed by atoms with Crippen molar-refractivity contribution in [1.29, 1.82) is 0 Å². The standard InChI is InChI=1S/C22H21ClN4O3/c1-15(22(28)26-13-16-7-5-6-10-19(16)23)30-27-21(24)17-11-12-20(25-14-17)29-18-8-3-2-4-9-18/h2-12,14-15H,13H2,1H3,(H2,24,27)(H,26,28). The van der Waals surface area contributed by atoms with Crippen molar-refractivity contribution >= 4 is 23.3 Å². The number of hydrogen-bond donors (Lipinski definition) is 2. The number of carbonyl (C=O) groups excluding carboxylic acids is 1. The Balaban J connectivity index is 1.52. The fourth-order valence-electron chi connectivity index (χ4n) is 2.41. The molecular formula is C22H21ClN4O3. The number of rotatable bonds is 8. The maximum atomic E-state index is 12.2. The van der Waals surface area contributed by atoms with Gasteiger partial charge in [0.2, 0.25) is 12.0 Å². The number of aromatic nitrogens is 1. The maximum Gasteiger partial charge on any atom is 0.263 e. The quantitative estimate of drug-likeness (QED) is 0.325. The Labute approximate surface area is 179 Å². The number of pyridine rings is 1. The molecule has 7 nitrogen and oxygen atoms in total. The Morgan fingerprint density at radius 2 is 1.87 bits per heavy atom. The summed E-state index contributed by atoms with van der Waals surface area (Å²) in [5.74, 6) is 0.862. The van der Waals surface area contributed by atoms with Crippen molar-refractivity contribution in [2.45, 2.75) is 19.6 Å². The highest BCUT2D eigenvalue weighted by Crippen LogP contribution is 2.18. The van der Waals surface area contributed by atoms with Crippen LogP contribution in [0.15, 0.2) is 78.1 Å². The highest BCUT2D eigenvalue weighted by molar-refractivity contribution is 6.31. The number of carbonyl (C=O) groups is 1. The average Bonchev–Trinajstić information content (AvgIpc) is 2.77. The van der Waals surface area contributed by atoms with Gasteiger partial charge in [0.25, 0.3) is 5.91 Å². The smallest absolute Gasteiger partial charge is 0.263 e. The van der Waals surface area contributed by atoms with Crippen LogP contribution in [0.4, 0.5) is 0 Å². The molecule has 3 N–H and O–H groups in total. The van der Waals surface area contributed by atoms with Gasteiger partial charge < -0.3 is 20.6 Å². The highest BCUT2D eigenvalue weighted by atomic mass is 35.5. The Morgan fingerprint density at radius 3 is 2.57 bits per heavy atom. The summed E-state index contributed by atoms with van der Waals surface area (Å²) in [5.41, 5.74) is 7.28. The van der Waals surface area contributed by atoms with E-state index in [1.54, 1.807) is 25.1 Å². The molecule has 0 bridgehead atoms. The van der Waals surface area contributed by atoms with Crippen LogP contribution in [0.2, 0.25) is 5.02 Å². The zero-order chi connectivity index (χ0) is 21.3. The SMILES string of the molecule is CC(ON=C(N)c1ccc(Oc2ccccc2)nc1)C(=O)NCc1ccccc1Cl. The second-order valence-electron chi connectivity index (χ2n) is 6.33. The Hall–Kier alpha value is -3.58. The minimum absolute atomic E-state index is 0.0968. The van der Waals surface area contributed by atoms with E-state index in [-0.39, 0.29) is 18.3 Å². The lowest BCUT2D eigenvalue weighted by Crippen LogP contribution is -2.33. The number of oxime groups is 1. The van der Waals surface area contributed by atoms with Gasteiger partial charge in [0.1, 0.15) is 5.75 Å². The van der Waals surface area contributed by atoms with Gasteiger partial charge in [0, 0.05) is 29.4 Å². The molecular weight excluding hydrogens is 404 g/mol. The largest absolute Gasteiger partial charge is 0.439 e. The molecule has 0 spiro atoms. The summed E-state index contributed by atoms with van der Waals surface area (Å²) < 4.78 is 5.63. The summed E-state index contributed by atoms with van der Waals surface area (Å²) >= 11 is 6.08. The molecule has 0 fully saturated rings. The molecule has 8 heteroatoms. The Morgan fingerprint density at radius 1 is 1.13 bits per heavy atom. The first-order valence-electron chi connectivity index (χ1n) is 9.22. The molecule has 0 radical (unpaired) electrons. The number of hydrogen-bond acceptors (Lipinski definition) is 5. The van der Waals surface area contributed by atoms with E-state index < -0.39 is 6.10 Å². The van der Waals surface area contributed by atoms with Crippen LogP contribution >= 0.6 is 11.6 Å². The van der Waals surface area contributed by atoms with Crippen molar-refractivity contribution in [1.82, 2.24) is 10.3 Å². The highest BCUT2D eigenvalue weighted by Gasteiger charge is 2.15. The van der Waals surface area contributed by atoms with Crippen molar-refractivity contribution in [3.05, 3.63) is 89.1 Å². The topological polar surface area (TPSA) is 98.8 Å². The van der Waals surface area contributed by atoms with Crippen LogP contribution in [0, 0.1) is 0 Å². The van der Waals surface area contributed by atoms with Crippen LogP contribution in [-0.4, -0.2) is 22.8 Å². The molecule has 2 aromatic carbocycles. The summed E-state index contributed by atoms with van der Waals surface area (Å²) in [7, 11) is 0. The maximum absolute atomic E-state index is 12.2. The molecule has 3 aromatic rings. The van der Waals surface area contributed by atoms with E-state index in [0.29, 0.717) is 22.2 Å². The third-order valence-corrected chi connectivity index (χ3v) is 4.46. The third kappa shape index (κ3) is 5.96. The zero-order valence-corrected chi connectivity index (χ0v) is 17.0. The van der Waals surface area contributed by atoms with E-state index in [4.69, 9.17) is 26.9 Å². The predicted molar refractivity (Wildman–Crippen MR) is 115 cm³/mol. The summed E-state index contributed by atoms with van der Waals surface area (Å²) in [5, 5.41) is 7.16. The monoisotopic (exact) mass is 424 g/mol. The minimum Gasteiger partial charge on any atom is -0.439 e. The van der Waals surface area contributed by atoms with E-state index in [1.165, 1.54) is 6.20 Å². The van der Waals surface area contributed by atoms with Gasteiger partial charge in [-0.15, -0.1) is 0 Å². The molecule has 30 heavy (non-hydrogen) atoms. The summed E-state index contributed by atoms with van der Waals surface area (Å²) in [4.78, 5) is 21.6. The number of benzene rings is 2. The number of nitrogens with two attached hydrogens (primary N) is 1. The van der Waals surface area contributed by atoms with Crippen LogP contribution in [0.5, 0.6) is 11.6 Å². The second-order valence-corrected chi connectivity index (χ2v) is 6.74. The first-order chi connectivity index (χ1) is 14.5. The van der Waals surface area contributed by atoms with E-state index >= 15 is 0 Å². The lowest BCUT2D eigenvalue weighted by atomic mass is 10.2. The van der Waals surface area contributed by atoms with Crippen LogP contribution < -0.4 is 15.8 Å². The minimum atomic E-state index is -0.834. The molecule has 0 aliphatic heterocycles. The lowest BCUT2D eigenvalue weighted by Gasteiger charge is -2.12. The normalized spacial score (nSPS) is 12.1. The van der Waals surface area contributed by atoms with Crippen LogP contribution in [0.25, 0.3) is 0 Å². The summed E-state index contributed by atoms with van der Waals surface area (Å²) in [6, 6.07) is 20.0. The average molecular weight is 425 g/mol. The molecule has 1 heterocycles. The fourth-order valence-corrected chi connectivity index (χ4v) is 2.61. The number of ether oxygens (including phenoxy) is 1. The van der Waals surface area contributed by atoms with Gasteiger partial charge in [-0.05, 0) is 36.8 Å².